The summed E-state index contributed by atoms with van der Waals surface area (Å²) in [6.07, 6.45) is 0. The summed E-state index contributed by atoms with van der Waals surface area (Å²) >= 11 is 0. The van der Waals surface area contributed by atoms with Crippen LogP contribution in [0.3, 0.4) is 0 Å². The van der Waals surface area contributed by atoms with Crippen LogP contribution in [-0.4, -0.2) is 9.13 Å². The van der Waals surface area contributed by atoms with Crippen LogP contribution in [0.4, 0.5) is 0 Å². The highest BCUT2D eigenvalue weighted by Gasteiger charge is 2.36. The van der Waals surface area contributed by atoms with Gasteiger partial charge < -0.3 is 9.13 Å². The molecule has 0 fully saturated rings. The number of fused-ring (bicyclic) bond motifs is 9. The Hall–Kier alpha value is -8.20. The second-order valence-electron chi connectivity index (χ2n) is 18.1. The quantitative estimate of drug-likeness (QED) is 0.158. The molecule has 0 atom stereocenters. The Labute approximate surface area is 378 Å². The summed E-state index contributed by atoms with van der Waals surface area (Å²) < 4.78 is 4.93. The van der Waals surface area contributed by atoms with Gasteiger partial charge in [-0.1, -0.05) is 178 Å². The van der Waals surface area contributed by atoms with Gasteiger partial charge in [0.2, 0.25) is 0 Å². The van der Waals surface area contributed by atoms with E-state index in [1.165, 1.54) is 110 Å². The van der Waals surface area contributed by atoms with Gasteiger partial charge in [0, 0.05) is 38.2 Å². The van der Waals surface area contributed by atoms with Crippen molar-refractivity contribution >= 4 is 43.6 Å². The highest BCUT2D eigenvalue weighted by Crippen LogP contribution is 2.52. The third kappa shape index (κ3) is 5.81. The average Bonchev–Trinajstić information content (AvgIpc) is 3.96. The largest absolute Gasteiger partial charge is 0.309 e. The van der Waals surface area contributed by atoms with Crippen LogP contribution in [0.25, 0.3) is 111 Å². The number of nitrogens with zero attached hydrogens (tertiary/aromatic N) is 2. The molecular formula is C63H44N2. The van der Waals surface area contributed by atoms with E-state index in [1.54, 1.807) is 0 Å². The molecule has 12 aromatic rings. The van der Waals surface area contributed by atoms with E-state index in [-0.39, 0.29) is 5.41 Å². The van der Waals surface area contributed by atoms with E-state index >= 15 is 0 Å². The monoisotopic (exact) mass is 828 g/mol. The van der Waals surface area contributed by atoms with Gasteiger partial charge in [-0.15, -0.1) is 0 Å². The number of rotatable bonds is 6. The Kier molecular flexibility index (Phi) is 8.29. The van der Waals surface area contributed by atoms with E-state index in [4.69, 9.17) is 0 Å². The highest BCUT2D eigenvalue weighted by atomic mass is 15.0. The van der Waals surface area contributed by atoms with Crippen LogP contribution in [0.1, 0.15) is 25.0 Å². The molecule has 1 aliphatic rings. The molecule has 0 radical (unpaired) electrons. The van der Waals surface area contributed by atoms with Crippen molar-refractivity contribution in [2.24, 2.45) is 0 Å². The fourth-order valence-electron chi connectivity index (χ4n) is 10.9. The van der Waals surface area contributed by atoms with E-state index in [0.29, 0.717) is 0 Å². The molecule has 2 heteroatoms. The van der Waals surface area contributed by atoms with Crippen LogP contribution in [0, 0.1) is 0 Å². The molecule has 1 aliphatic carbocycles. The molecule has 0 unspecified atom stereocenters. The van der Waals surface area contributed by atoms with Crippen molar-refractivity contribution in [1.29, 1.82) is 0 Å². The van der Waals surface area contributed by atoms with Crippen LogP contribution >= 0.6 is 0 Å². The summed E-state index contributed by atoms with van der Waals surface area (Å²) in [6, 6.07) is 85.2. The van der Waals surface area contributed by atoms with Crippen LogP contribution in [-0.2, 0) is 5.41 Å². The molecule has 10 aromatic carbocycles. The highest BCUT2D eigenvalue weighted by molar-refractivity contribution is 6.14. The predicted octanol–water partition coefficient (Wildman–Crippen LogP) is 16.9. The molecule has 0 bridgehead atoms. The number of aromatic nitrogens is 2. The lowest BCUT2D eigenvalue weighted by atomic mass is 9.82. The summed E-state index contributed by atoms with van der Waals surface area (Å²) in [6.45, 7) is 4.76. The normalized spacial score (nSPS) is 12.9. The molecule has 0 aliphatic heterocycles. The summed E-state index contributed by atoms with van der Waals surface area (Å²) in [7, 11) is 0. The molecule has 0 saturated heterocycles. The third-order valence-electron chi connectivity index (χ3n) is 14.1. The van der Waals surface area contributed by atoms with E-state index in [1.807, 2.05) is 0 Å². The molecule has 13 rings (SSSR count). The van der Waals surface area contributed by atoms with E-state index < -0.39 is 0 Å². The van der Waals surface area contributed by atoms with E-state index in [9.17, 15) is 0 Å². The SMILES string of the molecule is CC1(C)c2ccccc2-c2cc3c4cc(-c5ccccc5)ccc4n(-c4ccc(-c5ccc6c(c5)c5ccccc5n6-c5ccccc5)cc4-c4ccc(-c5ccccc5)cc4)c3cc21. The third-order valence-corrected chi connectivity index (χ3v) is 14.1. The zero-order chi connectivity index (χ0) is 43.2. The van der Waals surface area contributed by atoms with Gasteiger partial charge in [0.1, 0.15) is 0 Å². The second kappa shape index (κ2) is 14.4. The first-order valence-electron chi connectivity index (χ1n) is 22.7. The molecule has 65 heavy (non-hydrogen) atoms. The maximum absolute atomic E-state index is 2.54. The van der Waals surface area contributed by atoms with Crippen molar-refractivity contribution in [2.75, 3.05) is 0 Å². The Balaban J connectivity index is 1.06. The first kappa shape index (κ1) is 37.4. The van der Waals surface area contributed by atoms with Crippen LogP contribution < -0.4 is 0 Å². The Morgan fingerprint density at radius 1 is 0.277 bits per heavy atom. The average molecular weight is 829 g/mol. The van der Waals surface area contributed by atoms with Crippen LogP contribution in [0.5, 0.6) is 0 Å². The number of para-hydroxylation sites is 2. The lowest BCUT2D eigenvalue weighted by molar-refractivity contribution is 0.661. The minimum absolute atomic E-state index is 0.140. The first-order valence-corrected chi connectivity index (χ1v) is 22.7. The van der Waals surface area contributed by atoms with Gasteiger partial charge in [0.15, 0.2) is 0 Å². The minimum Gasteiger partial charge on any atom is -0.309 e. The van der Waals surface area contributed by atoms with Crippen molar-refractivity contribution in [3.8, 4) is 67.0 Å². The smallest absolute Gasteiger partial charge is 0.0544 e. The fourth-order valence-corrected chi connectivity index (χ4v) is 10.9. The molecule has 0 amide bonds. The predicted molar refractivity (Wildman–Crippen MR) is 274 cm³/mol. The lowest BCUT2D eigenvalue weighted by Gasteiger charge is -2.22. The minimum atomic E-state index is -0.140. The molecule has 0 N–H and O–H groups in total. The van der Waals surface area contributed by atoms with Crippen LogP contribution in [0.2, 0.25) is 0 Å². The number of hydrogen-bond donors (Lipinski definition) is 0. The van der Waals surface area contributed by atoms with Gasteiger partial charge in [-0.25, -0.2) is 0 Å². The Morgan fingerprint density at radius 3 is 1.51 bits per heavy atom. The number of hydrogen-bond acceptors (Lipinski definition) is 0. The van der Waals surface area contributed by atoms with E-state index in [2.05, 4.69) is 254 Å². The zero-order valence-electron chi connectivity index (χ0n) is 36.3. The van der Waals surface area contributed by atoms with Gasteiger partial charge in [0.05, 0.1) is 27.8 Å². The Bertz CT molecular complexity index is 3810. The maximum Gasteiger partial charge on any atom is 0.0544 e. The molecule has 0 spiro atoms. The molecular weight excluding hydrogens is 785 g/mol. The molecule has 2 aromatic heterocycles. The first-order chi connectivity index (χ1) is 32.0. The Morgan fingerprint density at radius 2 is 0.769 bits per heavy atom. The van der Waals surface area contributed by atoms with Crippen molar-refractivity contribution < 1.29 is 0 Å². The summed E-state index contributed by atoms with van der Waals surface area (Å²) in [5.41, 5.74) is 22.0. The standard InChI is InChI=1S/C63H44N2/c1-63(2)56-24-14-12-22-49(56)52-39-55-54-37-45(42-18-8-4-9-19-42)30-35-61(54)65(62(55)40-57(52)63)59-33-31-46(36-51(59)44-28-26-43(27-29-44)41-16-6-3-7-17-41)47-32-34-60-53(38-47)50-23-13-15-25-58(50)64(60)48-20-10-5-11-21-48/h3-40H,1-2H3. The van der Waals surface area contributed by atoms with Crippen LogP contribution in [0.15, 0.2) is 231 Å². The van der Waals surface area contributed by atoms with Crippen molar-refractivity contribution in [3.05, 3.63) is 242 Å². The summed E-state index contributed by atoms with van der Waals surface area (Å²) in [5.74, 6) is 0. The zero-order valence-corrected chi connectivity index (χ0v) is 36.3. The van der Waals surface area contributed by atoms with E-state index in [0.717, 1.165) is 11.4 Å². The molecule has 2 heterocycles. The second-order valence-corrected chi connectivity index (χ2v) is 18.1. The molecule has 0 saturated carbocycles. The van der Waals surface area contributed by atoms with Gasteiger partial charge in [0.25, 0.3) is 0 Å². The maximum atomic E-state index is 2.54. The summed E-state index contributed by atoms with van der Waals surface area (Å²) in [5, 5.41) is 5.01. The van der Waals surface area contributed by atoms with Gasteiger partial charge in [-0.2, -0.15) is 0 Å². The van der Waals surface area contributed by atoms with Crippen molar-refractivity contribution in [1.82, 2.24) is 9.13 Å². The molecule has 2 nitrogen and oxygen atoms in total. The fraction of sp³-hybridized carbons (Fsp3) is 0.0476. The van der Waals surface area contributed by atoms with Gasteiger partial charge in [-0.3, -0.25) is 0 Å². The lowest BCUT2D eigenvalue weighted by Crippen LogP contribution is -2.15. The summed E-state index contributed by atoms with van der Waals surface area (Å²) in [4.78, 5) is 0. The van der Waals surface area contributed by atoms with Crippen molar-refractivity contribution in [3.63, 3.8) is 0 Å². The van der Waals surface area contributed by atoms with Crippen molar-refractivity contribution in [2.45, 2.75) is 19.3 Å². The topological polar surface area (TPSA) is 9.86 Å². The van der Waals surface area contributed by atoms with Gasteiger partial charge in [-0.05, 0) is 128 Å². The number of benzene rings is 10. The molecule has 306 valence electrons. The van der Waals surface area contributed by atoms with Gasteiger partial charge >= 0.3 is 0 Å².